The Morgan fingerprint density at radius 2 is 1.28 bits per heavy atom. The Bertz CT molecular complexity index is 2210. The van der Waals surface area contributed by atoms with Crippen LogP contribution in [0, 0.1) is 0 Å². The molecule has 0 fully saturated rings. The van der Waals surface area contributed by atoms with Gasteiger partial charge in [-0.3, -0.25) is 0 Å². The average Bonchev–Trinajstić information content (AvgIpc) is 3.55. The lowest BCUT2D eigenvalue weighted by atomic mass is 9.76. The van der Waals surface area contributed by atoms with E-state index in [9.17, 15) is 5.02 Å². The maximum absolute atomic E-state index is 11.7. The molecule has 1 aromatic heterocycles. The molecular weight excluding hydrogens is 529 g/mol. The topological polar surface area (TPSA) is 45.8 Å². The SMILES string of the molecule is CC12OB(O)c3cccc4c3oc3c(cccc34)N(c3ccc(-c4ccccc4)cc3)c3ccc(c1c3)-c1ccccc12. The van der Waals surface area contributed by atoms with Gasteiger partial charge in [0.15, 0.2) is 5.58 Å². The molecule has 5 heteroatoms. The van der Waals surface area contributed by atoms with Crippen LogP contribution in [0.25, 0.3) is 44.2 Å². The van der Waals surface area contributed by atoms with Crippen molar-refractivity contribution in [3.8, 4) is 22.3 Å². The molecule has 0 radical (unpaired) electrons. The van der Waals surface area contributed by atoms with Crippen molar-refractivity contribution in [2.75, 3.05) is 4.90 Å². The van der Waals surface area contributed by atoms with Crippen LogP contribution in [0.2, 0.25) is 0 Å². The Hall–Kier alpha value is -5.10. The second-order valence-electron chi connectivity index (χ2n) is 11.5. The van der Waals surface area contributed by atoms with Crippen LogP contribution in [0.4, 0.5) is 17.1 Å². The molecule has 0 amide bonds. The fourth-order valence-corrected chi connectivity index (χ4v) is 7.05. The number of benzene rings is 6. The van der Waals surface area contributed by atoms with Gasteiger partial charge in [0, 0.05) is 27.6 Å². The molecule has 6 aromatic carbocycles. The highest BCUT2D eigenvalue weighted by Crippen LogP contribution is 2.52. The fourth-order valence-electron chi connectivity index (χ4n) is 7.05. The minimum Gasteiger partial charge on any atom is -0.454 e. The molecule has 0 spiro atoms. The third kappa shape index (κ3) is 3.47. The van der Waals surface area contributed by atoms with Crippen molar-refractivity contribution in [3.05, 3.63) is 145 Å². The van der Waals surface area contributed by atoms with Crippen LogP contribution >= 0.6 is 0 Å². The van der Waals surface area contributed by atoms with Gasteiger partial charge in [0.1, 0.15) is 11.2 Å². The van der Waals surface area contributed by atoms with Crippen LogP contribution in [0.5, 0.6) is 0 Å². The summed E-state index contributed by atoms with van der Waals surface area (Å²) in [5, 5.41) is 13.6. The van der Waals surface area contributed by atoms with Gasteiger partial charge in [0.05, 0.1) is 5.69 Å². The summed E-state index contributed by atoms with van der Waals surface area (Å²) in [6.45, 7) is 2.06. The molecule has 2 aliphatic rings. The standard InChI is InChI=1S/C38H26BNO3/c1-38-32-14-6-5-11-28(32)29-22-21-27(23-33(29)38)40(26-19-17-25(18-20-26)24-9-3-2-4-10-24)35-16-8-13-31-30-12-7-15-34(39(41)43-38)36(30)42-37(31)35/h2-23,41H,1H3. The summed E-state index contributed by atoms with van der Waals surface area (Å²) in [6.07, 6.45) is 0. The van der Waals surface area contributed by atoms with Gasteiger partial charge in [0.2, 0.25) is 0 Å². The first-order valence-electron chi connectivity index (χ1n) is 14.6. The Kier molecular flexibility index (Phi) is 5.10. The number of nitrogens with zero attached hydrogens (tertiary/aromatic N) is 1. The van der Waals surface area contributed by atoms with E-state index in [-0.39, 0.29) is 0 Å². The van der Waals surface area contributed by atoms with Crippen molar-refractivity contribution >= 4 is 51.6 Å². The van der Waals surface area contributed by atoms with Gasteiger partial charge in [-0.1, -0.05) is 103 Å². The summed E-state index contributed by atoms with van der Waals surface area (Å²) in [5.74, 6) is 0. The second kappa shape index (κ2) is 8.95. The average molecular weight is 555 g/mol. The van der Waals surface area contributed by atoms with Crippen molar-refractivity contribution < 1.29 is 14.1 Å². The molecule has 43 heavy (non-hydrogen) atoms. The Balaban J connectivity index is 1.35. The molecule has 4 nitrogen and oxygen atoms in total. The molecule has 0 saturated heterocycles. The molecule has 1 aliphatic heterocycles. The van der Waals surface area contributed by atoms with E-state index < -0.39 is 12.7 Å². The maximum Gasteiger partial charge on any atom is 0.495 e. The van der Waals surface area contributed by atoms with Crippen LogP contribution in [-0.2, 0) is 10.3 Å². The first-order chi connectivity index (χ1) is 21.1. The van der Waals surface area contributed by atoms with Crippen LogP contribution in [0.3, 0.4) is 0 Å². The lowest BCUT2D eigenvalue weighted by Gasteiger charge is -2.32. The zero-order chi connectivity index (χ0) is 28.7. The van der Waals surface area contributed by atoms with Gasteiger partial charge in [-0.15, -0.1) is 0 Å². The Morgan fingerprint density at radius 3 is 2.12 bits per heavy atom. The molecule has 1 N–H and O–H groups in total. The van der Waals surface area contributed by atoms with E-state index in [1.165, 1.54) is 5.56 Å². The normalized spacial score (nSPS) is 17.0. The van der Waals surface area contributed by atoms with Crippen molar-refractivity contribution in [2.45, 2.75) is 12.5 Å². The molecule has 0 saturated carbocycles. The molecule has 1 unspecified atom stereocenters. The number of anilines is 3. The smallest absolute Gasteiger partial charge is 0.454 e. The minimum atomic E-state index is -1.19. The lowest BCUT2D eigenvalue weighted by Crippen LogP contribution is -2.42. The summed E-state index contributed by atoms with van der Waals surface area (Å²) in [6, 6.07) is 46.1. The zero-order valence-electron chi connectivity index (χ0n) is 23.5. The van der Waals surface area contributed by atoms with Crippen LogP contribution in [-0.4, -0.2) is 12.1 Å². The highest BCUT2D eigenvalue weighted by atomic mass is 16.5. The van der Waals surface area contributed by atoms with Crippen molar-refractivity contribution in [2.24, 2.45) is 0 Å². The largest absolute Gasteiger partial charge is 0.495 e. The van der Waals surface area contributed by atoms with Gasteiger partial charge in [-0.25, -0.2) is 0 Å². The number of furan rings is 1. The van der Waals surface area contributed by atoms with Gasteiger partial charge in [-0.05, 0) is 70.6 Å². The van der Waals surface area contributed by atoms with Gasteiger partial charge in [-0.2, -0.15) is 0 Å². The number of rotatable bonds is 2. The fraction of sp³-hybridized carbons (Fsp3) is 0.0526. The summed E-state index contributed by atoms with van der Waals surface area (Å²) >= 11 is 0. The van der Waals surface area contributed by atoms with Crippen molar-refractivity contribution in [3.63, 3.8) is 0 Å². The van der Waals surface area contributed by atoms with E-state index in [1.54, 1.807) is 0 Å². The van der Waals surface area contributed by atoms with Crippen LogP contribution in [0.1, 0.15) is 18.1 Å². The predicted molar refractivity (Wildman–Crippen MR) is 174 cm³/mol. The number of hydrogen-bond donors (Lipinski definition) is 1. The van der Waals surface area contributed by atoms with Gasteiger partial charge < -0.3 is 19.0 Å². The molecule has 7 aromatic rings. The maximum atomic E-state index is 11.7. The van der Waals surface area contributed by atoms with Gasteiger partial charge in [0.25, 0.3) is 0 Å². The molecule has 1 aliphatic carbocycles. The summed E-state index contributed by atoms with van der Waals surface area (Å²) in [5.41, 5.74) is 10.7. The van der Waals surface area contributed by atoms with E-state index in [0.717, 1.165) is 61.2 Å². The van der Waals surface area contributed by atoms with Crippen molar-refractivity contribution in [1.29, 1.82) is 0 Å². The molecule has 204 valence electrons. The van der Waals surface area contributed by atoms with Gasteiger partial charge >= 0.3 is 7.12 Å². The first-order valence-corrected chi connectivity index (χ1v) is 14.6. The van der Waals surface area contributed by atoms with E-state index in [4.69, 9.17) is 9.07 Å². The third-order valence-electron chi connectivity index (χ3n) is 9.13. The van der Waals surface area contributed by atoms with E-state index in [0.29, 0.717) is 11.0 Å². The number of fused-ring (bicyclic) bond motifs is 5. The first kappa shape index (κ1) is 24.5. The zero-order valence-corrected chi connectivity index (χ0v) is 23.5. The summed E-state index contributed by atoms with van der Waals surface area (Å²) in [7, 11) is -1.19. The van der Waals surface area contributed by atoms with E-state index in [1.807, 2.05) is 30.3 Å². The molecule has 4 bridgehead atoms. The van der Waals surface area contributed by atoms with Crippen LogP contribution < -0.4 is 10.4 Å². The van der Waals surface area contributed by atoms with E-state index >= 15 is 0 Å². The summed E-state index contributed by atoms with van der Waals surface area (Å²) < 4.78 is 13.4. The number of para-hydroxylation sites is 2. The predicted octanol–water partition coefficient (Wildman–Crippen LogP) is 8.68. The Morgan fingerprint density at radius 1 is 0.605 bits per heavy atom. The Labute approximate surface area is 249 Å². The monoisotopic (exact) mass is 555 g/mol. The number of hydrogen-bond acceptors (Lipinski definition) is 4. The minimum absolute atomic E-state index is 0.613. The quantitative estimate of drug-likeness (QED) is 0.217. The second-order valence-corrected chi connectivity index (χ2v) is 11.5. The van der Waals surface area contributed by atoms with E-state index in [2.05, 4.69) is 115 Å². The molecule has 2 heterocycles. The summed E-state index contributed by atoms with van der Waals surface area (Å²) in [4.78, 5) is 2.26. The lowest BCUT2D eigenvalue weighted by molar-refractivity contribution is 0.112. The highest BCUT2D eigenvalue weighted by molar-refractivity contribution is 6.63. The molecule has 9 rings (SSSR count). The van der Waals surface area contributed by atoms with Crippen LogP contribution in [0.15, 0.2) is 138 Å². The third-order valence-corrected chi connectivity index (χ3v) is 9.13. The highest BCUT2D eigenvalue weighted by Gasteiger charge is 2.44. The molecule has 1 atom stereocenters. The van der Waals surface area contributed by atoms with Crippen molar-refractivity contribution in [1.82, 2.24) is 0 Å². The molecular formula is C38H26BNO3.